The van der Waals surface area contributed by atoms with Gasteiger partial charge >= 0.3 is 0 Å². The molecule has 0 unspecified atom stereocenters. The minimum Gasteiger partial charge on any atom is -0.258 e. The number of aryl methyl sites for hydroxylation is 1. The zero-order valence-corrected chi connectivity index (χ0v) is 9.68. The molecule has 0 aliphatic rings. The van der Waals surface area contributed by atoms with Crippen LogP contribution >= 0.6 is 27.3 Å². The molecule has 1 heterocycles. The number of benzene rings is 1. The van der Waals surface area contributed by atoms with Crippen molar-refractivity contribution in [2.75, 3.05) is 0 Å². The van der Waals surface area contributed by atoms with Gasteiger partial charge in [-0.1, -0.05) is 0 Å². The molecule has 3 nitrogen and oxygen atoms in total. The smallest absolute Gasteiger partial charge is 0.258 e. The highest BCUT2D eigenvalue weighted by Gasteiger charge is 2.18. The molecule has 0 N–H and O–H groups in total. The van der Waals surface area contributed by atoms with Gasteiger partial charge in [-0.05, 0) is 40.4 Å². The Balaban J connectivity index is 2.89. The van der Waals surface area contributed by atoms with Crippen LogP contribution in [0.15, 0.2) is 22.0 Å². The van der Waals surface area contributed by atoms with Crippen molar-refractivity contribution in [2.45, 2.75) is 6.92 Å². The lowest BCUT2D eigenvalue weighted by molar-refractivity contribution is -0.386. The Bertz CT molecular complexity index is 521. The number of nitrogens with zero attached hydrogens (tertiary/aromatic N) is 1. The van der Waals surface area contributed by atoms with E-state index in [1.54, 1.807) is 18.3 Å². The predicted octanol–water partition coefficient (Wildman–Crippen LogP) is 3.88. The van der Waals surface area contributed by atoms with Gasteiger partial charge in [-0.15, -0.1) is 11.3 Å². The van der Waals surface area contributed by atoms with E-state index in [0.29, 0.717) is 10.0 Å². The molecule has 0 fully saturated rings. The SMILES string of the molecule is Cc1cc2sccc2c(Br)c1[N+](=O)[O-]. The molecule has 0 aliphatic carbocycles. The van der Waals surface area contributed by atoms with Gasteiger partial charge in [-0.2, -0.15) is 0 Å². The minimum atomic E-state index is -0.351. The molecule has 0 bridgehead atoms. The van der Waals surface area contributed by atoms with E-state index >= 15 is 0 Å². The zero-order valence-electron chi connectivity index (χ0n) is 7.28. The Labute approximate surface area is 92.6 Å². The Morgan fingerprint density at radius 2 is 2.29 bits per heavy atom. The van der Waals surface area contributed by atoms with Crippen molar-refractivity contribution in [3.8, 4) is 0 Å². The third kappa shape index (κ3) is 1.33. The Morgan fingerprint density at radius 3 is 2.93 bits per heavy atom. The molecule has 2 rings (SSSR count). The molecule has 2 aromatic rings. The van der Waals surface area contributed by atoms with Crippen LogP contribution < -0.4 is 0 Å². The average Bonchev–Trinajstić information content (AvgIpc) is 2.50. The molecular weight excluding hydrogens is 266 g/mol. The van der Waals surface area contributed by atoms with Crippen LogP contribution in [0.2, 0.25) is 0 Å². The number of hydrogen-bond donors (Lipinski definition) is 0. The monoisotopic (exact) mass is 271 g/mol. The molecule has 1 aromatic heterocycles. The number of rotatable bonds is 1. The number of halogens is 1. The minimum absolute atomic E-state index is 0.163. The van der Waals surface area contributed by atoms with Crippen LogP contribution in [0.1, 0.15) is 5.56 Å². The molecule has 0 amide bonds. The van der Waals surface area contributed by atoms with E-state index < -0.39 is 0 Å². The quantitative estimate of drug-likeness (QED) is 0.584. The Hall–Kier alpha value is -0.940. The van der Waals surface area contributed by atoms with Gasteiger partial charge in [0.15, 0.2) is 0 Å². The second-order valence-electron chi connectivity index (χ2n) is 2.95. The van der Waals surface area contributed by atoms with Crippen molar-refractivity contribution >= 4 is 43.0 Å². The van der Waals surface area contributed by atoms with Crippen LogP contribution in [0.4, 0.5) is 5.69 Å². The summed E-state index contributed by atoms with van der Waals surface area (Å²) in [7, 11) is 0. The van der Waals surface area contributed by atoms with Crippen LogP contribution in [0.3, 0.4) is 0 Å². The van der Waals surface area contributed by atoms with Gasteiger partial charge in [0.2, 0.25) is 0 Å². The van der Waals surface area contributed by atoms with E-state index in [-0.39, 0.29) is 10.6 Å². The molecule has 1 aromatic carbocycles. The fourth-order valence-corrected chi connectivity index (χ4v) is 3.23. The summed E-state index contributed by atoms with van der Waals surface area (Å²) in [5.74, 6) is 0. The maximum Gasteiger partial charge on any atom is 0.287 e. The largest absolute Gasteiger partial charge is 0.287 e. The molecule has 0 atom stereocenters. The van der Waals surface area contributed by atoms with Gasteiger partial charge < -0.3 is 0 Å². The summed E-state index contributed by atoms with van der Waals surface area (Å²) < 4.78 is 1.65. The average molecular weight is 272 g/mol. The molecule has 14 heavy (non-hydrogen) atoms. The normalized spacial score (nSPS) is 10.7. The van der Waals surface area contributed by atoms with Crippen molar-refractivity contribution in [2.24, 2.45) is 0 Å². The second kappa shape index (κ2) is 3.33. The molecule has 72 valence electrons. The van der Waals surface area contributed by atoms with E-state index in [1.165, 1.54) is 0 Å². The van der Waals surface area contributed by atoms with E-state index in [0.717, 1.165) is 10.1 Å². The summed E-state index contributed by atoms with van der Waals surface area (Å²) >= 11 is 4.86. The molecule has 0 radical (unpaired) electrons. The lowest BCUT2D eigenvalue weighted by Crippen LogP contribution is -1.92. The summed E-state index contributed by atoms with van der Waals surface area (Å²) in [6, 6.07) is 3.74. The van der Waals surface area contributed by atoms with Gasteiger partial charge in [-0.25, -0.2) is 0 Å². The maximum absolute atomic E-state index is 10.8. The standard InChI is InChI=1S/C9H6BrNO2S/c1-5-4-7-6(2-3-14-7)8(10)9(5)11(12)13/h2-4H,1H3. The van der Waals surface area contributed by atoms with Crippen LogP contribution in [0.5, 0.6) is 0 Å². The lowest BCUT2D eigenvalue weighted by atomic mass is 10.1. The van der Waals surface area contributed by atoms with Gasteiger partial charge in [0.1, 0.15) is 4.47 Å². The summed E-state index contributed by atoms with van der Waals surface area (Å²) in [5, 5.41) is 13.6. The molecule has 0 saturated carbocycles. The van der Waals surface area contributed by atoms with Gasteiger partial charge in [0, 0.05) is 15.6 Å². The zero-order chi connectivity index (χ0) is 10.3. The number of nitro groups is 1. The van der Waals surface area contributed by atoms with Crippen molar-refractivity contribution in [1.82, 2.24) is 0 Å². The van der Waals surface area contributed by atoms with E-state index in [1.807, 2.05) is 17.5 Å². The van der Waals surface area contributed by atoms with E-state index in [9.17, 15) is 10.1 Å². The first-order valence-electron chi connectivity index (χ1n) is 3.92. The summed E-state index contributed by atoms with van der Waals surface area (Å²) in [4.78, 5) is 10.4. The fourth-order valence-electron chi connectivity index (χ4n) is 1.40. The lowest BCUT2D eigenvalue weighted by Gasteiger charge is -2.00. The van der Waals surface area contributed by atoms with Crippen LogP contribution in [-0.2, 0) is 0 Å². The maximum atomic E-state index is 10.8. The van der Waals surface area contributed by atoms with Gasteiger partial charge in [0.05, 0.1) is 4.92 Å². The third-order valence-corrected chi connectivity index (χ3v) is 3.71. The third-order valence-electron chi connectivity index (χ3n) is 2.04. The Morgan fingerprint density at radius 1 is 1.57 bits per heavy atom. The number of hydrogen-bond acceptors (Lipinski definition) is 3. The van der Waals surface area contributed by atoms with Gasteiger partial charge in [-0.3, -0.25) is 10.1 Å². The van der Waals surface area contributed by atoms with Crippen molar-refractivity contribution in [3.63, 3.8) is 0 Å². The van der Waals surface area contributed by atoms with Crippen LogP contribution in [-0.4, -0.2) is 4.92 Å². The first-order valence-corrected chi connectivity index (χ1v) is 5.59. The molecular formula is C9H6BrNO2S. The highest BCUT2D eigenvalue weighted by Crippen LogP contribution is 2.37. The van der Waals surface area contributed by atoms with Crippen LogP contribution in [0.25, 0.3) is 10.1 Å². The fraction of sp³-hybridized carbons (Fsp3) is 0.111. The van der Waals surface area contributed by atoms with Gasteiger partial charge in [0.25, 0.3) is 5.69 Å². The molecule has 0 saturated heterocycles. The van der Waals surface area contributed by atoms with Crippen molar-refractivity contribution in [3.05, 3.63) is 37.7 Å². The molecule has 5 heteroatoms. The van der Waals surface area contributed by atoms with Crippen molar-refractivity contribution < 1.29 is 4.92 Å². The number of nitro benzene ring substituents is 1. The first-order chi connectivity index (χ1) is 6.61. The highest BCUT2D eigenvalue weighted by atomic mass is 79.9. The topological polar surface area (TPSA) is 43.1 Å². The number of thiophene rings is 1. The van der Waals surface area contributed by atoms with Crippen molar-refractivity contribution in [1.29, 1.82) is 0 Å². The second-order valence-corrected chi connectivity index (χ2v) is 4.69. The first kappa shape index (κ1) is 9.61. The summed E-state index contributed by atoms with van der Waals surface area (Å²) in [6.07, 6.45) is 0. The predicted molar refractivity (Wildman–Crippen MR) is 60.9 cm³/mol. The van der Waals surface area contributed by atoms with Crippen LogP contribution in [0, 0.1) is 17.0 Å². The van der Waals surface area contributed by atoms with E-state index in [4.69, 9.17) is 0 Å². The molecule has 0 aliphatic heterocycles. The number of fused-ring (bicyclic) bond motifs is 1. The van der Waals surface area contributed by atoms with E-state index in [2.05, 4.69) is 15.9 Å². The highest BCUT2D eigenvalue weighted by molar-refractivity contribution is 9.10. The molecule has 0 spiro atoms. The summed E-state index contributed by atoms with van der Waals surface area (Å²) in [6.45, 7) is 1.75. The Kier molecular flexibility index (Phi) is 2.28. The summed E-state index contributed by atoms with van der Waals surface area (Å²) in [5.41, 5.74) is 0.854.